The van der Waals surface area contributed by atoms with Crippen molar-refractivity contribution >= 4 is 29.6 Å². The first kappa shape index (κ1) is 47.2. The molecule has 0 aromatic carbocycles. The van der Waals surface area contributed by atoms with Crippen LogP contribution in [0, 0.1) is 0 Å². The summed E-state index contributed by atoms with van der Waals surface area (Å²) in [4.78, 5) is 41.4. The van der Waals surface area contributed by atoms with Crippen molar-refractivity contribution in [2.45, 2.75) is 162 Å². The number of esters is 2. The zero-order valence-corrected chi connectivity index (χ0v) is 33.2. The molecule has 0 saturated heterocycles. The summed E-state index contributed by atoms with van der Waals surface area (Å²) in [6.07, 6.45) is 33.1. The smallest absolute Gasteiger partial charge is 0.306 e. The minimum atomic E-state index is -0.146. The van der Waals surface area contributed by atoms with Crippen molar-refractivity contribution in [2.24, 2.45) is 0 Å². The number of hydrogen-bond donors (Lipinski definition) is 0. The molecule has 0 N–H and O–H groups in total. The first-order chi connectivity index (χ1) is 23.9. The molecule has 0 aromatic rings. The molecule has 49 heavy (non-hydrogen) atoms. The van der Waals surface area contributed by atoms with E-state index in [1.54, 1.807) is 11.8 Å². The van der Waals surface area contributed by atoms with Crippen LogP contribution >= 0.6 is 11.8 Å². The van der Waals surface area contributed by atoms with E-state index in [0.717, 1.165) is 63.7 Å². The summed E-state index contributed by atoms with van der Waals surface area (Å²) in [6, 6.07) is 0. The molecule has 0 bridgehead atoms. The highest BCUT2D eigenvalue weighted by Gasteiger charge is 2.14. The standard InChI is InChI=1S/C41H76N2O5S/c1-5-7-9-11-13-15-17-19-21-29-36-48-41(46)31-25-23-27-33-43(39(44)38-49-37-34-42(3)4)32-26-22-24-30-40(45)47-35-28-20-18-16-14-12-10-8-6-2/h20-21,28-29H,5-19,22-27,30-38H2,1-4H3/b28-20-,29-21-. The minimum absolute atomic E-state index is 0.145. The number of carbonyl (C=O) groups excluding carboxylic acids is 3. The number of thioether (sulfide) groups is 1. The maximum Gasteiger partial charge on any atom is 0.306 e. The SMILES string of the molecule is CCCCCCCC/C=C\COC(=O)CCCCCN(CCCCCC(=O)OC/C=C\CCCCCCCCC)C(=O)CSCCN(C)C. The number of nitrogens with zero attached hydrogens (tertiary/aromatic N) is 2. The van der Waals surface area contributed by atoms with Gasteiger partial charge in [-0.1, -0.05) is 122 Å². The van der Waals surface area contributed by atoms with Crippen molar-refractivity contribution in [3.63, 3.8) is 0 Å². The Hall–Kier alpha value is -1.80. The number of hydrogen-bond acceptors (Lipinski definition) is 7. The minimum Gasteiger partial charge on any atom is -0.461 e. The Balaban J connectivity index is 4.17. The van der Waals surface area contributed by atoms with E-state index in [2.05, 4.69) is 30.9 Å². The van der Waals surface area contributed by atoms with Gasteiger partial charge in [0.15, 0.2) is 0 Å². The molecule has 0 aliphatic heterocycles. The molecule has 8 heteroatoms. The predicted molar refractivity (Wildman–Crippen MR) is 210 cm³/mol. The van der Waals surface area contributed by atoms with E-state index < -0.39 is 0 Å². The highest BCUT2D eigenvalue weighted by Crippen LogP contribution is 2.12. The van der Waals surface area contributed by atoms with Crippen LogP contribution in [0.15, 0.2) is 24.3 Å². The number of unbranched alkanes of at least 4 members (excludes halogenated alkanes) is 17. The molecule has 0 saturated carbocycles. The van der Waals surface area contributed by atoms with Gasteiger partial charge in [-0.15, -0.1) is 0 Å². The van der Waals surface area contributed by atoms with Gasteiger partial charge in [0.1, 0.15) is 13.2 Å². The van der Waals surface area contributed by atoms with Crippen LogP contribution in [0.1, 0.15) is 162 Å². The molecule has 0 rings (SSSR count). The fourth-order valence-corrected chi connectivity index (χ4v) is 6.41. The van der Waals surface area contributed by atoms with Crippen LogP contribution in [0.2, 0.25) is 0 Å². The summed E-state index contributed by atoms with van der Waals surface area (Å²) in [5.74, 6) is 1.31. The molecule has 0 spiro atoms. The van der Waals surface area contributed by atoms with Crippen LogP contribution in [0.25, 0.3) is 0 Å². The van der Waals surface area contributed by atoms with E-state index >= 15 is 0 Å². The van der Waals surface area contributed by atoms with E-state index in [1.165, 1.54) is 83.5 Å². The molecule has 1 amide bonds. The van der Waals surface area contributed by atoms with Gasteiger partial charge in [-0.05, 0) is 65.5 Å². The highest BCUT2D eigenvalue weighted by atomic mass is 32.2. The molecule has 0 unspecified atom stereocenters. The van der Waals surface area contributed by atoms with Crippen LogP contribution in [0.4, 0.5) is 0 Å². The third kappa shape index (κ3) is 35.8. The normalized spacial score (nSPS) is 11.6. The van der Waals surface area contributed by atoms with Gasteiger partial charge in [0.05, 0.1) is 5.75 Å². The third-order valence-electron chi connectivity index (χ3n) is 8.59. The van der Waals surface area contributed by atoms with Gasteiger partial charge in [-0.25, -0.2) is 0 Å². The number of ether oxygens (including phenoxy) is 2. The summed E-state index contributed by atoms with van der Waals surface area (Å²) < 4.78 is 10.7. The van der Waals surface area contributed by atoms with E-state index in [0.29, 0.717) is 44.9 Å². The average molecular weight is 709 g/mol. The molecule has 0 aliphatic carbocycles. The molecular weight excluding hydrogens is 633 g/mol. The zero-order chi connectivity index (χ0) is 36.0. The van der Waals surface area contributed by atoms with Crippen LogP contribution in [0.3, 0.4) is 0 Å². The summed E-state index contributed by atoms with van der Waals surface area (Å²) >= 11 is 1.68. The van der Waals surface area contributed by atoms with Crippen molar-refractivity contribution in [1.82, 2.24) is 9.80 Å². The lowest BCUT2D eigenvalue weighted by Gasteiger charge is -2.23. The van der Waals surface area contributed by atoms with Gasteiger partial charge in [0, 0.05) is 38.2 Å². The van der Waals surface area contributed by atoms with Crippen molar-refractivity contribution in [3.8, 4) is 0 Å². The monoisotopic (exact) mass is 709 g/mol. The van der Waals surface area contributed by atoms with Crippen molar-refractivity contribution < 1.29 is 23.9 Å². The Kier molecular flexibility index (Phi) is 36.1. The lowest BCUT2D eigenvalue weighted by molar-refractivity contribution is -0.143. The summed E-state index contributed by atoms with van der Waals surface area (Å²) in [7, 11) is 4.09. The molecule has 7 nitrogen and oxygen atoms in total. The van der Waals surface area contributed by atoms with E-state index in [1.807, 2.05) is 31.1 Å². The van der Waals surface area contributed by atoms with E-state index in [4.69, 9.17) is 9.47 Å². The second kappa shape index (κ2) is 37.5. The molecule has 0 aliphatic rings. The van der Waals surface area contributed by atoms with Crippen molar-refractivity contribution in [2.75, 3.05) is 58.4 Å². The zero-order valence-electron chi connectivity index (χ0n) is 32.4. The quantitative estimate of drug-likeness (QED) is 0.0364. The molecule has 286 valence electrons. The fraction of sp³-hybridized carbons (Fsp3) is 0.829. The van der Waals surface area contributed by atoms with Gasteiger partial charge in [0.2, 0.25) is 5.91 Å². The number of carbonyl (C=O) groups is 3. The molecule has 0 heterocycles. The number of allylic oxidation sites excluding steroid dienone is 2. The third-order valence-corrected chi connectivity index (χ3v) is 9.51. The van der Waals surface area contributed by atoms with Crippen LogP contribution in [0.5, 0.6) is 0 Å². The molecule has 0 fully saturated rings. The molecule has 0 aromatic heterocycles. The molecular formula is C41H76N2O5S. The Bertz CT molecular complexity index is 833. The Labute approximate surface area is 306 Å². The van der Waals surface area contributed by atoms with Gasteiger partial charge in [0.25, 0.3) is 0 Å². The number of rotatable bonds is 36. The van der Waals surface area contributed by atoms with Gasteiger partial charge in [-0.3, -0.25) is 14.4 Å². The first-order valence-electron chi connectivity index (χ1n) is 20.0. The Morgan fingerprint density at radius 1 is 0.531 bits per heavy atom. The van der Waals surface area contributed by atoms with E-state index in [9.17, 15) is 14.4 Å². The summed E-state index contributed by atoms with van der Waals surface area (Å²) in [5, 5.41) is 0. The summed E-state index contributed by atoms with van der Waals surface area (Å²) in [5.41, 5.74) is 0. The Morgan fingerprint density at radius 2 is 0.959 bits per heavy atom. The van der Waals surface area contributed by atoms with Crippen LogP contribution < -0.4 is 0 Å². The lowest BCUT2D eigenvalue weighted by atomic mass is 10.1. The van der Waals surface area contributed by atoms with Crippen molar-refractivity contribution in [1.29, 1.82) is 0 Å². The predicted octanol–water partition coefficient (Wildman–Crippen LogP) is 10.3. The largest absolute Gasteiger partial charge is 0.461 e. The second-order valence-corrected chi connectivity index (χ2v) is 14.7. The number of amides is 1. The highest BCUT2D eigenvalue weighted by molar-refractivity contribution is 7.99. The van der Waals surface area contributed by atoms with E-state index in [-0.39, 0.29) is 17.8 Å². The van der Waals surface area contributed by atoms with Crippen LogP contribution in [-0.4, -0.2) is 86.1 Å². The van der Waals surface area contributed by atoms with Gasteiger partial charge >= 0.3 is 11.9 Å². The summed E-state index contributed by atoms with van der Waals surface area (Å²) in [6.45, 7) is 7.56. The topological polar surface area (TPSA) is 76.1 Å². The fourth-order valence-electron chi connectivity index (χ4n) is 5.42. The van der Waals surface area contributed by atoms with Crippen molar-refractivity contribution in [3.05, 3.63) is 24.3 Å². The second-order valence-electron chi connectivity index (χ2n) is 13.6. The lowest BCUT2D eigenvalue weighted by Crippen LogP contribution is -2.34. The average Bonchev–Trinajstić information content (AvgIpc) is 3.08. The first-order valence-corrected chi connectivity index (χ1v) is 21.2. The van der Waals surface area contributed by atoms with Gasteiger partial charge < -0.3 is 19.3 Å². The molecule has 0 atom stereocenters. The Morgan fingerprint density at radius 3 is 1.41 bits per heavy atom. The van der Waals surface area contributed by atoms with Gasteiger partial charge in [-0.2, -0.15) is 11.8 Å². The maximum absolute atomic E-state index is 13.0. The van der Waals surface area contributed by atoms with Crippen LogP contribution in [-0.2, 0) is 23.9 Å². The maximum atomic E-state index is 13.0. The molecule has 0 radical (unpaired) electrons.